The molecule has 0 spiro atoms. The van der Waals surface area contributed by atoms with Crippen LogP contribution in [0.15, 0.2) is 0 Å². The van der Waals surface area contributed by atoms with E-state index < -0.39 is 97.5 Å². The summed E-state index contributed by atoms with van der Waals surface area (Å²) in [6, 6.07) is 0. The van der Waals surface area contributed by atoms with Gasteiger partial charge in [-0.2, -0.15) is 0 Å². The number of phosphoric acid groups is 2. The van der Waals surface area contributed by atoms with Gasteiger partial charge in [0, 0.05) is 25.7 Å². The van der Waals surface area contributed by atoms with Crippen LogP contribution < -0.4 is 0 Å². The first-order valence-corrected chi connectivity index (χ1v) is 50.6. The predicted molar refractivity (Wildman–Crippen MR) is 460 cm³/mol. The molecule has 19 heteroatoms. The molecule has 0 aliphatic rings. The molecule has 0 aromatic heterocycles. The van der Waals surface area contributed by atoms with Crippen molar-refractivity contribution in [3.8, 4) is 0 Å². The fourth-order valence-corrected chi connectivity index (χ4v) is 16.1. The van der Waals surface area contributed by atoms with Crippen molar-refractivity contribution in [3.05, 3.63) is 0 Å². The van der Waals surface area contributed by atoms with Gasteiger partial charge in [-0.25, -0.2) is 9.13 Å². The van der Waals surface area contributed by atoms with Crippen LogP contribution >= 0.6 is 15.6 Å². The van der Waals surface area contributed by atoms with Gasteiger partial charge in [0.2, 0.25) is 0 Å². The number of esters is 4. The minimum Gasteiger partial charge on any atom is -0.462 e. The van der Waals surface area contributed by atoms with Crippen LogP contribution in [0.3, 0.4) is 0 Å². The average Bonchev–Trinajstić information content (AvgIpc) is 0.899. The van der Waals surface area contributed by atoms with E-state index in [9.17, 15) is 43.2 Å². The summed E-state index contributed by atoms with van der Waals surface area (Å²) in [5, 5.41) is 10.7. The smallest absolute Gasteiger partial charge is 0.462 e. The Bertz CT molecular complexity index is 2100. The van der Waals surface area contributed by atoms with E-state index in [1.54, 1.807) is 0 Å². The van der Waals surface area contributed by atoms with E-state index >= 15 is 0 Å². The lowest BCUT2D eigenvalue weighted by atomic mass is 10.0. The number of aliphatic hydroxyl groups is 1. The monoisotopic (exact) mass is 1620 g/mol. The lowest BCUT2D eigenvalue weighted by molar-refractivity contribution is -0.161. The molecule has 0 saturated carbocycles. The number of hydrogen-bond acceptors (Lipinski definition) is 15. The van der Waals surface area contributed by atoms with E-state index in [1.807, 2.05) is 0 Å². The Hall–Kier alpha value is -1.94. The minimum absolute atomic E-state index is 0.109. The summed E-state index contributed by atoms with van der Waals surface area (Å²) in [5.74, 6) is -1.35. The van der Waals surface area contributed by atoms with Crippen LogP contribution in [0, 0.1) is 5.92 Å². The van der Waals surface area contributed by atoms with Gasteiger partial charge in [0.25, 0.3) is 0 Å². The van der Waals surface area contributed by atoms with Crippen molar-refractivity contribution in [1.82, 2.24) is 0 Å². The number of carbonyl (C=O) groups is 4. The van der Waals surface area contributed by atoms with Gasteiger partial charge in [0.05, 0.1) is 26.4 Å². The molecule has 17 nitrogen and oxygen atoms in total. The normalized spacial score (nSPS) is 13.7. The third-order valence-electron chi connectivity index (χ3n) is 21.8. The van der Waals surface area contributed by atoms with Crippen molar-refractivity contribution >= 4 is 39.5 Å². The summed E-state index contributed by atoms with van der Waals surface area (Å²) in [6.07, 6.45) is 80.7. The summed E-state index contributed by atoms with van der Waals surface area (Å²) in [5.41, 5.74) is 0. The van der Waals surface area contributed by atoms with E-state index in [1.165, 1.54) is 327 Å². The van der Waals surface area contributed by atoms with Crippen molar-refractivity contribution in [2.75, 3.05) is 39.6 Å². The molecule has 660 valence electrons. The van der Waals surface area contributed by atoms with Crippen LogP contribution in [0.5, 0.6) is 0 Å². The zero-order valence-electron chi connectivity index (χ0n) is 73.1. The van der Waals surface area contributed by atoms with Gasteiger partial charge in [-0.05, 0) is 31.6 Å². The topological polar surface area (TPSA) is 237 Å². The van der Waals surface area contributed by atoms with E-state index in [2.05, 4.69) is 34.6 Å². The highest BCUT2D eigenvalue weighted by Crippen LogP contribution is 2.45. The number of carbonyl (C=O) groups excluding carboxylic acids is 4. The molecule has 0 amide bonds. The molecule has 0 aliphatic heterocycles. The molecule has 3 N–H and O–H groups in total. The Morgan fingerprint density at radius 3 is 0.613 bits per heavy atom. The van der Waals surface area contributed by atoms with Crippen LogP contribution in [0.25, 0.3) is 0 Å². The maximum Gasteiger partial charge on any atom is 0.472 e. The highest BCUT2D eigenvalue weighted by molar-refractivity contribution is 7.47. The summed E-state index contributed by atoms with van der Waals surface area (Å²) in [4.78, 5) is 73.5. The molecule has 2 unspecified atom stereocenters. The van der Waals surface area contributed by atoms with Gasteiger partial charge in [-0.15, -0.1) is 0 Å². The standard InChI is InChI=1S/C92H180O17P2/c1-6-9-12-15-18-21-24-27-30-33-35-37-39-42-44-47-50-55-60-65-70-75-89(94)102-81-87(108-91(96)78-73-68-63-57-52-49-46-43-40-38-36-34-31-28-25-22-19-16-13-10-7-2)83-106-110(98,99)104-79-86(93)80-105-111(100,101)107-84-88(82-103-90(95)76-71-66-61-58-53-54-59-64-69-74-85(4)5)109-92(97)77-72-67-62-56-51-48-45-41-32-29-26-23-20-17-14-11-8-3/h85-88,93H,6-84H2,1-5H3,(H,98,99)(H,100,101)/t86-,87-,88-/m1/s1. The summed E-state index contributed by atoms with van der Waals surface area (Å²) in [6.45, 7) is 7.38. The molecule has 0 saturated heterocycles. The van der Waals surface area contributed by atoms with Gasteiger partial charge in [-0.1, -0.05) is 452 Å². The number of unbranched alkanes of at least 4 members (excludes halogenated alkanes) is 64. The maximum atomic E-state index is 13.2. The number of ether oxygens (including phenoxy) is 4. The zero-order valence-corrected chi connectivity index (χ0v) is 74.9. The van der Waals surface area contributed by atoms with Gasteiger partial charge in [0.15, 0.2) is 12.2 Å². The van der Waals surface area contributed by atoms with Crippen LogP contribution in [0.1, 0.15) is 503 Å². The Labute approximate surface area is 683 Å². The van der Waals surface area contributed by atoms with Gasteiger partial charge in [-0.3, -0.25) is 37.3 Å². The largest absolute Gasteiger partial charge is 0.472 e. The first-order chi connectivity index (χ1) is 54.0. The molecule has 0 aromatic rings. The van der Waals surface area contributed by atoms with E-state index in [-0.39, 0.29) is 25.7 Å². The molecule has 0 aliphatic carbocycles. The van der Waals surface area contributed by atoms with Crippen molar-refractivity contribution in [2.45, 2.75) is 522 Å². The molecule has 0 heterocycles. The number of rotatable bonds is 92. The molecule has 111 heavy (non-hydrogen) atoms. The fourth-order valence-electron chi connectivity index (χ4n) is 14.5. The van der Waals surface area contributed by atoms with E-state index in [0.717, 1.165) is 95.8 Å². The Balaban J connectivity index is 5.24. The number of hydrogen-bond donors (Lipinski definition) is 3. The second kappa shape index (κ2) is 84.5. The van der Waals surface area contributed by atoms with Crippen molar-refractivity contribution < 1.29 is 80.2 Å². The third kappa shape index (κ3) is 85.8. The lowest BCUT2D eigenvalue weighted by Gasteiger charge is -2.21. The molecular formula is C92H180O17P2. The molecular weight excluding hydrogens is 1440 g/mol. The predicted octanol–water partition coefficient (Wildman–Crippen LogP) is 28.7. The third-order valence-corrected chi connectivity index (χ3v) is 23.7. The molecule has 0 bridgehead atoms. The fraction of sp³-hybridized carbons (Fsp3) is 0.957. The molecule has 0 rings (SSSR count). The van der Waals surface area contributed by atoms with Gasteiger partial charge >= 0.3 is 39.5 Å². The van der Waals surface area contributed by atoms with Crippen molar-refractivity contribution in [2.24, 2.45) is 5.92 Å². The highest BCUT2D eigenvalue weighted by atomic mass is 31.2. The summed E-state index contributed by atoms with van der Waals surface area (Å²) < 4.78 is 69.1. The van der Waals surface area contributed by atoms with Crippen molar-refractivity contribution in [1.29, 1.82) is 0 Å². The number of phosphoric ester groups is 2. The second-order valence-corrected chi connectivity index (χ2v) is 36.4. The van der Waals surface area contributed by atoms with E-state index in [0.29, 0.717) is 25.7 Å². The molecule has 5 atom stereocenters. The minimum atomic E-state index is -4.97. The molecule has 0 radical (unpaired) electrons. The summed E-state index contributed by atoms with van der Waals surface area (Å²) in [7, 11) is -9.94. The van der Waals surface area contributed by atoms with Crippen molar-refractivity contribution in [3.63, 3.8) is 0 Å². The maximum absolute atomic E-state index is 13.2. The SMILES string of the molecule is CCCCCCCCCCCCCCCCCCCCCCCC(=O)OC[C@H](COP(=O)(O)OC[C@@H](O)COP(=O)(O)OC[C@@H](COC(=O)CCCCCCCCCCCC(C)C)OC(=O)CCCCCCCCCCCCCCCCCCC)OC(=O)CCCCCCCCCCCCCCCCCCCCCCC. The lowest BCUT2D eigenvalue weighted by Crippen LogP contribution is -2.30. The van der Waals surface area contributed by atoms with Gasteiger partial charge < -0.3 is 33.8 Å². The Morgan fingerprint density at radius 2 is 0.414 bits per heavy atom. The Morgan fingerprint density at radius 1 is 0.243 bits per heavy atom. The van der Waals surface area contributed by atoms with E-state index in [4.69, 9.17) is 37.0 Å². The Kier molecular flexibility index (Phi) is 83.0. The zero-order chi connectivity index (χ0) is 81.1. The second-order valence-electron chi connectivity index (χ2n) is 33.5. The first kappa shape index (κ1) is 109. The van der Waals surface area contributed by atoms with Crippen LogP contribution in [0.2, 0.25) is 0 Å². The average molecular weight is 1620 g/mol. The summed E-state index contributed by atoms with van der Waals surface area (Å²) >= 11 is 0. The highest BCUT2D eigenvalue weighted by Gasteiger charge is 2.31. The van der Waals surface area contributed by atoms with Gasteiger partial charge in [0.1, 0.15) is 19.3 Å². The number of aliphatic hydroxyl groups excluding tert-OH is 1. The quantitative estimate of drug-likeness (QED) is 0.0222. The van der Waals surface area contributed by atoms with Crippen LogP contribution in [0.4, 0.5) is 0 Å². The first-order valence-electron chi connectivity index (χ1n) is 47.6. The van der Waals surface area contributed by atoms with Crippen LogP contribution in [-0.4, -0.2) is 96.7 Å². The van der Waals surface area contributed by atoms with Crippen LogP contribution in [-0.2, 0) is 65.4 Å². The molecule has 0 fully saturated rings. The molecule has 0 aromatic carbocycles.